The molecule has 15 heavy (non-hydrogen) atoms. The highest BCUT2D eigenvalue weighted by molar-refractivity contribution is 5.79. The smallest absolute Gasteiger partial charge is 0.247 e. The summed E-state index contributed by atoms with van der Waals surface area (Å²) in [5.41, 5.74) is 7.16. The molecule has 0 aliphatic heterocycles. The molecule has 5 nitrogen and oxygen atoms in total. The Morgan fingerprint density at radius 1 is 1.53 bits per heavy atom. The second-order valence-electron chi connectivity index (χ2n) is 4.65. The van der Waals surface area contributed by atoms with Crippen LogP contribution in [0.5, 0.6) is 0 Å². The van der Waals surface area contributed by atoms with Gasteiger partial charge in [0.05, 0.1) is 0 Å². The maximum Gasteiger partial charge on any atom is 0.247 e. The predicted molar refractivity (Wildman–Crippen MR) is 54.4 cm³/mol. The van der Waals surface area contributed by atoms with Crippen LogP contribution in [0.25, 0.3) is 0 Å². The Morgan fingerprint density at radius 2 is 2.20 bits per heavy atom. The van der Waals surface area contributed by atoms with Gasteiger partial charge in [0.15, 0.2) is 6.61 Å². The summed E-state index contributed by atoms with van der Waals surface area (Å²) in [6.45, 7) is 3.86. The highest BCUT2D eigenvalue weighted by Gasteiger charge is 2.39. The highest BCUT2D eigenvalue weighted by atomic mass is 16.7. The van der Waals surface area contributed by atoms with Gasteiger partial charge in [0.25, 0.3) is 0 Å². The van der Waals surface area contributed by atoms with Crippen LogP contribution in [0.2, 0.25) is 0 Å². The number of nitrogens with two attached hydrogens (primary N) is 1. The number of hydroxylamine groups is 1. The molecular weight excluding hydrogens is 196 g/mol. The van der Waals surface area contributed by atoms with Crippen molar-refractivity contribution in [1.29, 1.82) is 0 Å². The number of carbonyl (C=O) groups is 2. The van der Waals surface area contributed by atoms with Crippen molar-refractivity contribution in [2.75, 3.05) is 6.61 Å². The highest BCUT2D eigenvalue weighted by Crippen LogP contribution is 2.42. The van der Waals surface area contributed by atoms with E-state index < -0.39 is 5.91 Å². The average molecular weight is 214 g/mol. The fourth-order valence-corrected chi connectivity index (χ4v) is 2.06. The fourth-order valence-electron chi connectivity index (χ4n) is 2.06. The van der Waals surface area contributed by atoms with Gasteiger partial charge in [-0.15, -0.1) is 0 Å². The van der Waals surface area contributed by atoms with E-state index in [1.165, 1.54) is 0 Å². The predicted octanol–water partition coefficient (Wildman–Crippen LogP) is 0.346. The molecule has 0 aromatic heterocycles. The molecule has 1 aliphatic carbocycles. The maximum absolute atomic E-state index is 11.7. The van der Waals surface area contributed by atoms with Crippen molar-refractivity contribution in [3.8, 4) is 0 Å². The van der Waals surface area contributed by atoms with Gasteiger partial charge >= 0.3 is 0 Å². The monoisotopic (exact) mass is 214 g/mol. The van der Waals surface area contributed by atoms with Crippen LogP contribution >= 0.6 is 0 Å². The molecule has 3 N–H and O–H groups in total. The van der Waals surface area contributed by atoms with Gasteiger partial charge < -0.3 is 5.73 Å². The molecule has 0 radical (unpaired) electrons. The molecule has 1 atom stereocenters. The lowest BCUT2D eigenvalue weighted by molar-refractivity contribution is -0.143. The molecule has 0 aromatic rings. The van der Waals surface area contributed by atoms with E-state index in [2.05, 4.69) is 24.2 Å². The van der Waals surface area contributed by atoms with Gasteiger partial charge in [0, 0.05) is 5.92 Å². The zero-order chi connectivity index (χ0) is 11.5. The van der Waals surface area contributed by atoms with Gasteiger partial charge in [-0.2, -0.15) is 0 Å². The average Bonchev–Trinajstić information content (AvgIpc) is 2.44. The summed E-state index contributed by atoms with van der Waals surface area (Å²) >= 11 is 0. The third kappa shape index (κ3) is 3.20. The first-order valence-electron chi connectivity index (χ1n) is 5.13. The molecule has 0 saturated heterocycles. The van der Waals surface area contributed by atoms with Crippen LogP contribution in [0.1, 0.15) is 33.1 Å². The van der Waals surface area contributed by atoms with Crippen molar-refractivity contribution in [3.05, 3.63) is 0 Å². The summed E-state index contributed by atoms with van der Waals surface area (Å²) in [6, 6.07) is 0. The molecule has 5 heteroatoms. The molecule has 0 aromatic carbocycles. The summed E-state index contributed by atoms with van der Waals surface area (Å²) in [7, 11) is 0. The fraction of sp³-hybridized carbons (Fsp3) is 0.800. The second-order valence-corrected chi connectivity index (χ2v) is 4.65. The summed E-state index contributed by atoms with van der Waals surface area (Å²) in [5, 5.41) is 0. The second kappa shape index (κ2) is 4.61. The number of nitrogens with one attached hydrogen (secondary N) is 1. The zero-order valence-electron chi connectivity index (χ0n) is 9.21. The minimum Gasteiger partial charge on any atom is -0.368 e. The number of amides is 2. The number of hydrogen-bond acceptors (Lipinski definition) is 3. The van der Waals surface area contributed by atoms with E-state index in [1.807, 2.05) is 0 Å². The van der Waals surface area contributed by atoms with Crippen LogP contribution in [-0.2, 0) is 14.4 Å². The van der Waals surface area contributed by atoms with Gasteiger partial charge in [-0.25, -0.2) is 5.48 Å². The van der Waals surface area contributed by atoms with Crippen LogP contribution in [0.4, 0.5) is 0 Å². The Hall–Kier alpha value is -1.10. The third-order valence-corrected chi connectivity index (χ3v) is 2.96. The van der Waals surface area contributed by atoms with Crippen LogP contribution in [0.3, 0.4) is 0 Å². The Kier molecular flexibility index (Phi) is 3.68. The molecule has 1 saturated carbocycles. The molecule has 1 fully saturated rings. The Morgan fingerprint density at radius 3 is 2.67 bits per heavy atom. The van der Waals surface area contributed by atoms with Crippen molar-refractivity contribution >= 4 is 11.8 Å². The van der Waals surface area contributed by atoms with E-state index in [9.17, 15) is 9.59 Å². The van der Waals surface area contributed by atoms with Gasteiger partial charge in [-0.3, -0.25) is 14.4 Å². The largest absolute Gasteiger partial charge is 0.368 e. The molecule has 1 unspecified atom stereocenters. The Labute approximate surface area is 89.3 Å². The first-order chi connectivity index (χ1) is 6.93. The SMILES string of the molecule is CC1(C)CCCC1C(=O)NOCC(N)=O. The summed E-state index contributed by atoms with van der Waals surface area (Å²) in [5.74, 6) is -0.787. The van der Waals surface area contributed by atoms with Gasteiger partial charge in [-0.05, 0) is 18.3 Å². The third-order valence-electron chi connectivity index (χ3n) is 2.96. The van der Waals surface area contributed by atoms with Crippen LogP contribution in [0, 0.1) is 11.3 Å². The lowest BCUT2D eigenvalue weighted by atomic mass is 9.81. The number of rotatable bonds is 4. The molecule has 1 rings (SSSR count). The lowest BCUT2D eigenvalue weighted by Gasteiger charge is -2.25. The van der Waals surface area contributed by atoms with E-state index in [0.29, 0.717) is 0 Å². The van der Waals surface area contributed by atoms with Gasteiger partial charge in [0.2, 0.25) is 11.8 Å². The van der Waals surface area contributed by atoms with Crippen LogP contribution < -0.4 is 11.2 Å². The minimum atomic E-state index is -0.596. The standard InChI is InChI=1S/C10H18N2O3/c1-10(2)5-3-4-7(10)9(14)12-15-6-8(11)13/h7H,3-6H2,1-2H3,(H2,11,13)(H,12,14). The zero-order valence-corrected chi connectivity index (χ0v) is 9.21. The van der Waals surface area contributed by atoms with Crippen molar-refractivity contribution in [3.63, 3.8) is 0 Å². The van der Waals surface area contributed by atoms with E-state index in [-0.39, 0.29) is 23.8 Å². The topological polar surface area (TPSA) is 81.4 Å². The van der Waals surface area contributed by atoms with Crippen LogP contribution in [-0.4, -0.2) is 18.4 Å². The number of primary amides is 1. The van der Waals surface area contributed by atoms with Crippen LogP contribution in [0.15, 0.2) is 0 Å². The van der Waals surface area contributed by atoms with Gasteiger partial charge in [0.1, 0.15) is 0 Å². The lowest BCUT2D eigenvalue weighted by Crippen LogP contribution is -2.37. The summed E-state index contributed by atoms with van der Waals surface area (Å²) in [4.78, 5) is 26.7. The van der Waals surface area contributed by atoms with Gasteiger partial charge in [-0.1, -0.05) is 20.3 Å². The Bertz CT molecular complexity index is 263. The first kappa shape index (κ1) is 12.0. The van der Waals surface area contributed by atoms with Crippen molar-refractivity contribution in [2.45, 2.75) is 33.1 Å². The normalized spacial score (nSPS) is 23.7. The molecule has 0 bridgehead atoms. The van der Waals surface area contributed by atoms with Crippen molar-refractivity contribution < 1.29 is 14.4 Å². The molecule has 0 heterocycles. The maximum atomic E-state index is 11.7. The van der Waals surface area contributed by atoms with E-state index in [1.54, 1.807) is 0 Å². The molecular formula is C10H18N2O3. The first-order valence-corrected chi connectivity index (χ1v) is 5.13. The molecule has 2 amide bonds. The number of carbonyl (C=O) groups excluding carboxylic acids is 2. The molecule has 86 valence electrons. The van der Waals surface area contributed by atoms with Crippen molar-refractivity contribution in [1.82, 2.24) is 5.48 Å². The summed E-state index contributed by atoms with van der Waals surface area (Å²) in [6.07, 6.45) is 2.97. The van der Waals surface area contributed by atoms with Crippen molar-refractivity contribution in [2.24, 2.45) is 17.1 Å². The van der Waals surface area contributed by atoms with E-state index in [0.717, 1.165) is 19.3 Å². The van der Waals surface area contributed by atoms with E-state index in [4.69, 9.17) is 5.73 Å². The molecule has 1 aliphatic rings. The molecule has 0 spiro atoms. The summed E-state index contributed by atoms with van der Waals surface area (Å²) < 4.78 is 0. The quantitative estimate of drug-likeness (QED) is 0.662. The number of hydrogen-bond donors (Lipinski definition) is 2. The Balaban J connectivity index is 2.37. The van der Waals surface area contributed by atoms with E-state index >= 15 is 0 Å². The minimum absolute atomic E-state index is 0.0141.